The second-order valence-electron chi connectivity index (χ2n) is 7.50. The molecule has 1 heterocycles. The fraction of sp³-hybridized carbons (Fsp3) is 0.409. The molecule has 4 heteroatoms. The lowest BCUT2D eigenvalue weighted by atomic mass is 10.0. The molecular formula is C22H28N2O2. The largest absolute Gasteiger partial charge is 0.494 e. The molecule has 4 nitrogen and oxygen atoms in total. The molecule has 3 rings (SSSR count). The number of benzene rings is 2. The Morgan fingerprint density at radius 1 is 1.08 bits per heavy atom. The number of rotatable bonds is 6. The molecule has 0 aromatic heterocycles. The van der Waals surface area contributed by atoms with E-state index in [0.717, 1.165) is 29.0 Å². The predicted molar refractivity (Wildman–Crippen MR) is 106 cm³/mol. The molecule has 138 valence electrons. The van der Waals surface area contributed by atoms with Gasteiger partial charge in [-0.3, -0.25) is 4.79 Å². The first-order valence-electron chi connectivity index (χ1n) is 9.38. The fourth-order valence-corrected chi connectivity index (χ4v) is 3.23. The maximum atomic E-state index is 13.0. The summed E-state index contributed by atoms with van der Waals surface area (Å²) in [6.45, 7) is 9.17. The zero-order valence-corrected chi connectivity index (χ0v) is 16.0. The van der Waals surface area contributed by atoms with Crippen molar-refractivity contribution in [3.63, 3.8) is 0 Å². The Balaban J connectivity index is 1.88. The molecule has 0 spiro atoms. The van der Waals surface area contributed by atoms with Crippen LogP contribution in [-0.2, 0) is 0 Å². The van der Waals surface area contributed by atoms with Gasteiger partial charge >= 0.3 is 0 Å². The van der Waals surface area contributed by atoms with Gasteiger partial charge in [-0.1, -0.05) is 38.1 Å². The number of hydrogen-bond acceptors (Lipinski definition) is 3. The van der Waals surface area contributed by atoms with Gasteiger partial charge in [0.15, 0.2) is 0 Å². The first-order valence-corrected chi connectivity index (χ1v) is 9.38. The first kappa shape index (κ1) is 18.3. The summed E-state index contributed by atoms with van der Waals surface area (Å²) in [5, 5.41) is 3.53. The topological polar surface area (TPSA) is 41.6 Å². The third-order valence-electron chi connectivity index (χ3n) is 4.66. The molecule has 0 radical (unpaired) electrons. The molecule has 1 aliphatic rings. The van der Waals surface area contributed by atoms with Crippen molar-refractivity contribution >= 4 is 11.6 Å². The highest BCUT2D eigenvalue weighted by Crippen LogP contribution is 2.35. The summed E-state index contributed by atoms with van der Waals surface area (Å²) in [5.74, 6) is 1.52. The van der Waals surface area contributed by atoms with Gasteiger partial charge in [0, 0.05) is 11.7 Å². The zero-order chi connectivity index (χ0) is 18.7. The Morgan fingerprint density at radius 2 is 1.85 bits per heavy atom. The number of nitrogens with zero attached hydrogens (tertiary/aromatic N) is 1. The Hall–Kier alpha value is -2.49. The maximum Gasteiger partial charge on any atom is 0.258 e. The molecule has 0 aliphatic carbocycles. The van der Waals surface area contributed by atoms with Gasteiger partial charge in [0.25, 0.3) is 5.91 Å². The highest BCUT2D eigenvalue weighted by atomic mass is 16.5. The second-order valence-corrected chi connectivity index (χ2v) is 7.50. The van der Waals surface area contributed by atoms with Crippen LogP contribution in [0.1, 0.15) is 56.2 Å². The van der Waals surface area contributed by atoms with Crippen LogP contribution in [-0.4, -0.2) is 23.5 Å². The maximum absolute atomic E-state index is 13.0. The third kappa shape index (κ3) is 3.85. The van der Waals surface area contributed by atoms with Crippen LogP contribution in [0, 0.1) is 5.92 Å². The van der Waals surface area contributed by atoms with Gasteiger partial charge in [-0.15, -0.1) is 0 Å². The number of carbonyl (C=O) groups excluding carboxylic acids is 1. The van der Waals surface area contributed by atoms with Crippen LogP contribution >= 0.6 is 0 Å². The van der Waals surface area contributed by atoms with E-state index in [2.05, 4.69) is 19.2 Å². The van der Waals surface area contributed by atoms with Gasteiger partial charge in [0.1, 0.15) is 11.9 Å². The van der Waals surface area contributed by atoms with Crippen molar-refractivity contribution in [2.45, 2.75) is 46.3 Å². The van der Waals surface area contributed by atoms with Gasteiger partial charge in [-0.05, 0) is 56.0 Å². The van der Waals surface area contributed by atoms with E-state index >= 15 is 0 Å². The predicted octanol–water partition coefficient (Wildman–Crippen LogP) is 5.09. The van der Waals surface area contributed by atoms with Crippen LogP contribution in [0.3, 0.4) is 0 Å². The third-order valence-corrected chi connectivity index (χ3v) is 4.66. The van der Waals surface area contributed by atoms with Gasteiger partial charge in [-0.25, -0.2) is 0 Å². The number of fused-ring (bicyclic) bond motifs is 1. The number of ether oxygens (including phenoxy) is 1. The van der Waals surface area contributed by atoms with E-state index in [0.29, 0.717) is 12.5 Å². The van der Waals surface area contributed by atoms with Gasteiger partial charge in [0.05, 0.1) is 12.2 Å². The molecule has 1 amide bonds. The van der Waals surface area contributed by atoms with Crippen LogP contribution in [0.5, 0.6) is 5.75 Å². The molecule has 0 saturated heterocycles. The Morgan fingerprint density at radius 3 is 2.58 bits per heavy atom. The Labute approximate surface area is 156 Å². The normalized spacial score (nSPS) is 16.6. The van der Waals surface area contributed by atoms with E-state index < -0.39 is 0 Å². The van der Waals surface area contributed by atoms with Crippen molar-refractivity contribution in [3.05, 3.63) is 59.7 Å². The average Bonchev–Trinajstić information content (AvgIpc) is 2.61. The van der Waals surface area contributed by atoms with Gasteiger partial charge in [0.2, 0.25) is 0 Å². The highest BCUT2D eigenvalue weighted by molar-refractivity contribution is 6.01. The molecule has 1 unspecified atom stereocenters. The van der Waals surface area contributed by atoms with Crippen LogP contribution in [0.15, 0.2) is 48.5 Å². The van der Waals surface area contributed by atoms with Crippen molar-refractivity contribution in [1.29, 1.82) is 0 Å². The van der Waals surface area contributed by atoms with E-state index in [1.54, 1.807) is 0 Å². The SMILES string of the molecule is CC(C)CCOc1cccc(C2Nc3ccccc3C(=O)N2C(C)C)c1. The van der Waals surface area contributed by atoms with Crippen LogP contribution in [0.25, 0.3) is 0 Å². The number of para-hydroxylation sites is 1. The lowest BCUT2D eigenvalue weighted by Crippen LogP contribution is -2.46. The van der Waals surface area contributed by atoms with Crippen LogP contribution in [0.2, 0.25) is 0 Å². The lowest BCUT2D eigenvalue weighted by molar-refractivity contribution is 0.0616. The summed E-state index contributed by atoms with van der Waals surface area (Å²) in [7, 11) is 0. The van der Waals surface area contributed by atoms with Crippen LogP contribution in [0.4, 0.5) is 5.69 Å². The minimum atomic E-state index is -0.203. The summed E-state index contributed by atoms with van der Waals surface area (Å²) in [6, 6.07) is 15.8. The Bertz CT molecular complexity index is 770. The molecule has 26 heavy (non-hydrogen) atoms. The molecule has 2 aromatic carbocycles. The molecular weight excluding hydrogens is 324 g/mol. The molecule has 0 saturated carbocycles. The van der Waals surface area contributed by atoms with E-state index in [1.165, 1.54) is 0 Å². The van der Waals surface area contributed by atoms with Crippen molar-refractivity contribution in [3.8, 4) is 5.75 Å². The summed E-state index contributed by atoms with van der Waals surface area (Å²) in [5.41, 5.74) is 2.64. The summed E-state index contributed by atoms with van der Waals surface area (Å²) in [6.07, 6.45) is 0.821. The van der Waals surface area contributed by atoms with Crippen molar-refractivity contribution in [1.82, 2.24) is 4.90 Å². The number of carbonyl (C=O) groups is 1. The average molecular weight is 352 g/mol. The number of hydrogen-bond donors (Lipinski definition) is 1. The molecule has 0 fully saturated rings. The summed E-state index contributed by atoms with van der Waals surface area (Å²) >= 11 is 0. The molecule has 1 N–H and O–H groups in total. The van der Waals surface area contributed by atoms with E-state index in [4.69, 9.17) is 4.74 Å². The smallest absolute Gasteiger partial charge is 0.258 e. The lowest BCUT2D eigenvalue weighted by Gasteiger charge is -2.40. The molecule has 0 bridgehead atoms. The minimum Gasteiger partial charge on any atom is -0.494 e. The number of anilines is 1. The molecule has 1 atom stereocenters. The monoisotopic (exact) mass is 352 g/mol. The number of nitrogens with one attached hydrogen (secondary N) is 1. The quantitative estimate of drug-likeness (QED) is 0.787. The fourth-order valence-electron chi connectivity index (χ4n) is 3.23. The number of amides is 1. The van der Waals surface area contributed by atoms with Crippen molar-refractivity contribution < 1.29 is 9.53 Å². The van der Waals surface area contributed by atoms with Gasteiger partial charge < -0.3 is 15.0 Å². The van der Waals surface area contributed by atoms with E-state index in [-0.39, 0.29) is 18.1 Å². The first-order chi connectivity index (χ1) is 12.5. The van der Waals surface area contributed by atoms with E-state index in [1.807, 2.05) is 67.3 Å². The van der Waals surface area contributed by atoms with Crippen molar-refractivity contribution in [2.24, 2.45) is 5.92 Å². The van der Waals surface area contributed by atoms with Crippen LogP contribution < -0.4 is 10.1 Å². The summed E-state index contributed by atoms with van der Waals surface area (Å²) < 4.78 is 5.91. The van der Waals surface area contributed by atoms with E-state index in [9.17, 15) is 4.79 Å². The molecule has 2 aromatic rings. The molecule has 1 aliphatic heterocycles. The standard InChI is InChI=1S/C22H28N2O2/c1-15(2)12-13-26-18-9-7-8-17(14-18)21-23-20-11-6-5-10-19(20)22(25)24(21)16(3)4/h5-11,14-16,21,23H,12-13H2,1-4H3. The second kappa shape index (κ2) is 7.81. The zero-order valence-electron chi connectivity index (χ0n) is 16.0. The highest BCUT2D eigenvalue weighted by Gasteiger charge is 2.34. The summed E-state index contributed by atoms with van der Waals surface area (Å²) in [4.78, 5) is 14.9. The van der Waals surface area contributed by atoms with Crippen molar-refractivity contribution in [2.75, 3.05) is 11.9 Å². The Kier molecular flexibility index (Phi) is 5.50. The minimum absolute atomic E-state index is 0.0606. The van der Waals surface area contributed by atoms with Gasteiger partial charge in [-0.2, -0.15) is 0 Å².